The van der Waals surface area contributed by atoms with Crippen molar-refractivity contribution < 1.29 is 14.3 Å². The van der Waals surface area contributed by atoms with Crippen molar-refractivity contribution in [2.45, 2.75) is 25.7 Å². The van der Waals surface area contributed by atoms with E-state index < -0.39 is 0 Å². The number of nitrogens with one attached hydrogen (secondary N) is 1. The molecule has 0 saturated heterocycles. The van der Waals surface area contributed by atoms with E-state index in [2.05, 4.69) is 5.32 Å². The number of nitrogen functional groups attached to an aromatic ring is 1. The average Bonchev–Trinajstić information content (AvgIpc) is 2.95. The van der Waals surface area contributed by atoms with Gasteiger partial charge in [-0.25, -0.2) is 0 Å². The third-order valence-corrected chi connectivity index (χ3v) is 3.98. The van der Waals surface area contributed by atoms with Crippen molar-refractivity contribution in [3.63, 3.8) is 0 Å². The second kappa shape index (κ2) is 5.83. The van der Waals surface area contributed by atoms with Gasteiger partial charge in [-0.3, -0.25) is 4.79 Å². The summed E-state index contributed by atoms with van der Waals surface area (Å²) in [6.45, 7) is 4.27. The first-order chi connectivity index (χ1) is 11.0. The fraction of sp³-hybridized carbons (Fsp3) is 0.278. The maximum absolute atomic E-state index is 12.4. The maximum atomic E-state index is 12.4. The fourth-order valence-corrected chi connectivity index (χ4v) is 2.65. The lowest BCUT2D eigenvalue weighted by Crippen LogP contribution is -2.26. The SMILES string of the molecule is CC(C)(CC(=O)Nc1cc2c(cc1N)OCO2)c1ccccc1. The molecule has 3 N–H and O–H groups in total. The Morgan fingerprint density at radius 3 is 2.52 bits per heavy atom. The van der Waals surface area contributed by atoms with Gasteiger partial charge in [-0.1, -0.05) is 44.2 Å². The van der Waals surface area contributed by atoms with E-state index in [1.165, 1.54) is 0 Å². The minimum Gasteiger partial charge on any atom is -0.454 e. The first-order valence-electron chi connectivity index (χ1n) is 7.50. The highest BCUT2D eigenvalue weighted by molar-refractivity contribution is 5.95. The van der Waals surface area contributed by atoms with Gasteiger partial charge in [0.1, 0.15) is 0 Å². The van der Waals surface area contributed by atoms with Crippen LogP contribution in [0.15, 0.2) is 42.5 Å². The summed E-state index contributed by atoms with van der Waals surface area (Å²) < 4.78 is 10.6. The molecule has 3 rings (SSSR count). The van der Waals surface area contributed by atoms with Gasteiger partial charge in [0.2, 0.25) is 12.7 Å². The largest absolute Gasteiger partial charge is 0.454 e. The highest BCUT2D eigenvalue weighted by Gasteiger charge is 2.25. The lowest BCUT2D eigenvalue weighted by Gasteiger charge is -2.24. The first kappa shape index (κ1) is 15.2. The number of carbonyl (C=O) groups excluding carboxylic acids is 1. The van der Waals surface area contributed by atoms with Crippen LogP contribution in [-0.2, 0) is 10.2 Å². The number of fused-ring (bicyclic) bond motifs is 1. The van der Waals surface area contributed by atoms with Crippen molar-refractivity contribution in [2.24, 2.45) is 0 Å². The van der Waals surface area contributed by atoms with Crippen LogP contribution < -0.4 is 20.5 Å². The zero-order valence-corrected chi connectivity index (χ0v) is 13.3. The Hall–Kier alpha value is -2.69. The summed E-state index contributed by atoms with van der Waals surface area (Å²) in [4.78, 5) is 12.4. The summed E-state index contributed by atoms with van der Waals surface area (Å²) in [5, 5.41) is 2.87. The maximum Gasteiger partial charge on any atom is 0.231 e. The van der Waals surface area contributed by atoms with Gasteiger partial charge < -0.3 is 20.5 Å². The standard InChI is InChI=1S/C18H20N2O3/c1-18(2,12-6-4-3-5-7-12)10-17(21)20-14-9-16-15(8-13(14)19)22-11-23-16/h3-9H,10-11,19H2,1-2H3,(H,20,21). The number of nitrogens with two attached hydrogens (primary N) is 1. The summed E-state index contributed by atoms with van der Waals surface area (Å²) in [6, 6.07) is 13.3. The number of anilines is 2. The van der Waals surface area contributed by atoms with Gasteiger partial charge >= 0.3 is 0 Å². The second-order valence-corrected chi connectivity index (χ2v) is 6.27. The van der Waals surface area contributed by atoms with Gasteiger partial charge in [0, 0.05) is 18.6 Å². The third kappa shape index (κ3) is 3.23. The van der Waals surface area contributed by atoms with Crippen molar-refractivity contribution in [1.82, 2.24) is 0 Å². The van der Waals surface area contributed by atoms with Gasteiger partial charge in [0.25, 0.3) is 0 Å². The first-order valence-corrected chi connectivity index (χ1v) is 7.50. The van der Waals surface area contributed by atoms with Crippen LogP contribution in [0.4, 0.5) is 11.4 Å². The third-order valence-electron chi connectivity index (χ3n) is 3.98. The van der Waals surface area contributed by atoms with E-state index in [4.69, 9.17) is 15.2 Å². The zero-order valence-electron chi connectivity index (χ0n) is 13.3. The van der Waals surface area contributed by atoms with Gasteiger partial charge in [0.15, 0.2) is 11.5 Å². The fourth-order valence-electron chi connectivity index (χ4n) is 2.65. The highest BCUT2D eigenvalue weighted by atomic mass is 16.7. The van der Waals surface area contributed by atoms with E-state index in [1.54, 1.807) is 12.1 Å². The molecule has 0 aliphatic carbocycles. The number of ether oxygens (including phenoxy) is 2. The van der Waals surface area contributed by atoms with Crippen molar-refractivity contribution in [3.8, 4) is 11.5 Å². The molecule has 2 aromatic carbocycles. The molecule has 1 heterocycles. The number of benzene rings is 2. The molecule has 0 aromatic heterocycles. The molecule has 5 nitrogen and oxygen atoms in total. The summed E-state index contributed by atoms with van der Waals surface area (Å²) in [5.41, 5.74) is 7.82. The molecule has 0 bridgehead atoms. The van der Waals surface area contributed by atoms with Crippen LogP contribution in [0.1, 0.15) is 25.8 Å². The number of amides is 1. The Morgan fingerprint density at radius 2 is 1.83 bits per heavy atom. The molecule has 0 saturated carbocycles. The van der Waals surface area contributed by atoms with Crippen LogP contribution in [0, 0.1) is 0 Å². The second-order valence-electron chi connectivity index (χ2n) is 6.27. The summed E-state index contributed by atoms with van der Waals surface area (Å²) >= 11 is 0. The normalized spacial score (nSPS) is 13.0. The molecule has 2 aromatic rings. The zero-order chi connectivity index (χ0) is 16.4. The Bertz CT molecular complexity index is 727. The van der Waals surface area contributed by atoms with Gasteiger partial charge in [-0.15, -0.1) is 0 Å². The van der Waals surface area contributed by atoms with Crippen molar-refractivity contribution in [1.29, 1.82) is 0 Å². The van der Waals surface area contributed by atoms with E-state index in [1.807, 2.05) is 44.2 Å². The van der Waals surface area contributed by atoms with Crippen LogP contribution >= 0.6 is 0 Å². The van der Waals surface area contributed by atoms with Crippen LogP contribution in [0.2, 0.25) is 0 Å². The molecular weight excluding hydrogens is 292 g/mol. The molecule has 1 amide bonds. The number of rotatable bonds is 4. The monoisotopic (exact) mass is 312 g/mol. The topological polar surface area (TPSA) is 73.6 Å². The van der Waals surface area contributed by atoms with Gasteiger partial charge in [-0.05, 0) is 11.0 Å². The Kier molecular flexibility index (Phi) is 3.86. The Labute approximate surface area is 135 Å². The molecule has 1 aliphatic rings. The number of hydrogen-bond acceptors (Lipinski definition) is 4. The average molecular weight is 312 g/mol. The van der Waals surface area contributed by atoms with E-state index >= 15 is 0 Å². The Morgan fingerprint density at radius 1 is 1.17 bits per heavy atom. The lowest BCUT2D eigenvalue weighted by atomic mass is 9.81. The van der Waals surface area contributed by atoms with Crippen LogP contribution in [0.5, 0.6) is 11.5 Å². The van der Waals surface area contributed by atoms with E-state index in [0.717, 1.165) is 5.56 Å². The van der Waals surface area contributed by atoms with Crippen molar-refractivity contribution in [3.05, 3.63) is 48.0 Å². The predicted octanol–water partition coefficient (Wildman–Crippen LogP) is 3.30. The van der Waals surface area contributed by atoms with E-state index in [9.17, 15) is 4.79 Å². The summed E-state index contributed by atoms with van der Waals surface area (Å²) in [6.07, 6.45) is 0.352. The van der Waals surface area contributed by atoms with E-state index in [0.29, 0.717) is 29.3 Å². The Balaban J connectivity index is 1.73. The molecule has 120 valence electrons. The molecule has 0 unspecified atom stereocenters. The summed E-state index contributed by atoms with van der Waals surface area (Å²) in [7, 11) is 0. The lowest BCUT2D eigenvalue weighted by molar-refractivity contribution is -0.117. The van der Waals surface area contributed by atoms with Crippen molar-refractivity contribution >= 4 is 17.3 Å². The predicted molar refractivity (Wildman–Crippen MR) is 89.7 cm³/mol. The van der Waals surface area contributed by atoms with Crippen LogP contribution in [0.25, 0.3) is 0 Å². The summed E-state index contributed by atoms with van der Waals surface area (Å²) in [5.74, 6) is 1.10. The van der Waals surface area contributed by atoms with Crippen LogP contribution in [0.3, 0.4) is 0 Å². The number of carbonyl (C=O) groups is 1. The molecule has 1 aliphatic heterocycles. The van der Waals surface area contributed by atoms with E-state index in [-0.39, 0.29) is 18.1 Å². The molecule has 23 heavy (non-hydrogen) atoms. The van der Waals surface area contributed by atoms with Crippen LogP contribution in [-0.4, -0.2) is 12.7 Å². The quantitative estimate of drug-likeness (QED) is 0.850. The van der Waals surface area contributed by atoms with Crippen molar-refractivity contribution in [2.75, 3.05) is 17.8 Å². The van der Waals surface area contributed by atoms with Gasteiger partial charge in [0.05, 0.1) is 11.4 Å². The molecule has 0 atom stereocenters. The molecular formula is C18H20N2O3. The molecule has 0 spiro atoms. The molecule has 0 fully saturated rings. The smallest absolute Gasteiger partial charge is 0.231 e. The minimum atomic E-state index is -0.267. The minimum absolute atomic E-state index is 0.0931. The number of hydrogen-bond donors (Lipinski definition) is 2. The highest BCUT2D eigenvalue weighted by Crippen LogP contribution is 2.38. The molecule has 5 heteroatoms. The van der Waals surface area contributed by atoms with Gasteiger partial charge in [-0.2, -0.15) is 0 Å². The molecule has 0 radical (unpaired) electrons.